The van der Waals surface area contributed by atoms with Crippen molar-refractivity contribution in [3.8, 4) is 61.7 Å². The summed E-state index contributed by atoms with van der Waals surface area (Å²) in [6, 6.07) is 0. The number of rotatable bonds is 19. The van der Waals surface area contributed by atoms with E-state index in [1.54, 1.807) is 69.4 Å². The molecule has 88 heavy (non-hydrogen) atoms. The summed E-state index contributed by atoms with van der Waals surface area (Å²) in [4.78, 5) is 64.1. The first-order chi connectivity index (χ1) is 44.0. The van der Waals surface area contributed by atoms with Gasteiger partial charge >= 0.3 is 22.8 Å². The van der Waals surface area contributed by atoms with E-state index < -0.39 is 0 Å². The molecule has 0 spiro atoms. The van der Waals surface area contributed by atoms with Gasteiger partial charge in [-0.25, -0.2) is 39.1 Å². The Morgan fingerprint density at radius 1 is 0.489 bits per heavy atom. The molecule has 0 saturated carbocycles. The van der Waals surface area contributed by atoms with E-state index in [0.717, 1.165) is 41.2 Å². The van der Waals surface area contributed by atoms with Gasteiger partial charge in [0.1, 0.15) is 37.8 Å². The first kappa shape index (κ1) is 56.5. The highest BCUT2D eigenvalue weighted by atomic mass is 32.1. The van der Waals surface area contributed by atoms with E-state index in [-0.39, 0.29) is 73.9 Å². The lowest BCUT2D eigenvalue weighted by atomic mass is 10.2. The smallest absolute Gasteiger partial charge is 0.368 e. The first-order valence-corrected chi connectivity index (χ1v) is 29.1. The average molecular weight is 1290 g/mol. The van der Waals surface area contributed by atoms with Gasteiger partial charge in [-0.1, -0.05) is 57.8 Å². The number of aromatic nitrogens is 24. The molecule has 33 nitrogen and oxygen atoms in total. The van der Waals surface area contributed by atoms with Crippen LogP contribution in [0.4, 0.5) is 0 Å². The van der Waals surface area contributed by atoms with E-state index in [1.165, 1.54) is 85.2 Å². The van der Waals surface area contributed by atoms with Crippen LogP contribution in [0.1, 0.15) is 51.7 Å². The molecule has 12 aromatic rings. The first-order valence-electron chi connectivity index (χ1n) is 27.6. The van der Waals surface area contributed by atoms with E-state index in [2.05, 4.69) is 74.1 Å². The number of terminal acetylenes is 1. The van der Waals surface area contributed by atoms with Crippen LogP contribution in [0.25, 0.3) is 28.8 Å². The zero-order chi connectivity index (χ0) is 66.2. The number of hydrogen-bond donors (Lipinski definition) is 0. The lowest BCUT2D eigenvalue weighted by Gasteiger charge is -2.09. The molecule has 12 aromatic heterocycles. The SMILES string of the molecule is [3H]c1csc(OCc2c(-n3nnn(C)c3=O)cn(C)c2C#C)n1.[3H]c1csc(OCc2c(-n3nnn(C)c3=O)cn(C)c2C)n1.[3H]c1csc(OCc2c(-n3nnn(C)c3=O)cn(C)c2C=C)n1.[3H]c1csc(OCc2c(-n3nnn(C)c3=O)cn(C)c2OCC)n1. The van der Waals surface area contributed by atoms with Gasteiger partial charge in [-0.2, -0.15) is 37.5 Å². The van der Waals surface area contributed by atoms with E-state index in [9.17, 15) is 19.2 Å². The molecule has 0 amide bonds. The second-order valence-corrected chi connectivity index (χ2v) is 21.4. The van der Waals surface area contributed by atoms with Gasteiger partial charge in [-0.15, -0.1) is 6.42 Å². The second-order valence-electron chi connectivity index (χ2n) is 18.1. The average Bonchev–Trinajstić information content (AvgIpc) is 1.67. The maximum absolute atomic E-state index is 12.2. The molecule has 0 saturated heterocycles. The van der Waals surface area contributed by atoms with Crippen molar-refractivity contribution in [2.24, 2.45) is 56.4 Å². The Hall–Kier alpha value is -10.6. The van der Waals surface area contributed by atoms with Gasteiger partial charge in [-0.3, -0.25) is 0 Å². The normalized spacial score (nSPS) is 11.5. The molecule has 0 aliphatic rings. The molecule has 0 bridgehead atoms. The molecule has 0 unspecified atom stereocenters. The Kier molecular flexibility index (Phi) is 17.8. The van der Waals surface area contributed by atoms with Crippen LogP contribution in [0.15, 0.2) is 96.8 Å². The number of thiazole rings is 4. The summed E-state index contributed by atoms with van der Waals surface area (Å²) in [6.07, 6.45) is 14.9. The Morgan fingerprint density at radius 2 is 0.830 bits per heavy atom. The molecule has 0 aromatic carbocycles. The molecule has 0 fully saturated rings. The Labute approximate surface area is 519 Å². The third kappa shape index (κ3) is 13.4. The van der Waals surface area contributed by atoms with Crippen molar-refractivity contribution in [3.05, 3.63) is 159 Å². The summed E-state index contributed by atoms with van der Waals surface area (Å²) in [5, 5.41) is 38.2. The summed E-state index contributed by atoms with van der Waals surface area (Å²) in [5.41, 5.74) is 5.98. The van der Waals surface area contributed by atoms with Gasteiger partial charge in [0.25, 0.3) is 20.8 Å². The zero-order valence-electron chi connectivity index (χ0n) is 52.6. The molecule has 37 heteroatoms. The lowest BCUT2D eigenvalue weighted by molar-refractivity contribution is 0.276. The van der Waals surface area contributed by atoms with E-state index in [1.807, 2.05) is 50.3 Å². The third-order valence-electron chi connectivity index (χ3n) is 12.6. The van der Waals surface area contributed by atoms with Crippen LogP contribution in [0.3, 0.4) is 0 Å². The molecule has 458 valence electrons. The number of ether oxygens (including phenoxy) is 5. The fourth-order valence-corrected chi connectivity index (χ4v) is 9.99. The highest BCUT2D eigenvalue weighted by Gasteiger charge is 2.24. The van der Waals surface area contributed by atoms with Gasteiger partial charge < -0.3 is 42.0 Å². The van der Waals surface area contributed by atoms with Gasteiger partial charge in [0.2, 0.25) is 5.88 Å². The maximum atomic E-state index is 12.2. The predicted octanol–water partition coefficient (Wildman–Crippen LogP) is 2.69. The summed E-state index contributed by atoms with van der Waals surface area (Å²) in [6.45, 7) is 8.71. The Balaban J connectivity index is 0.000000145. The molecule has 12 rings (SSSR count). The van der Waals surface area contributed by atoms with Crippen LogP contribution in [0, 0.1) is 19.3 Å². The summed E-state index contributed by atoms with van der Waals surface area (Å²) in [7, 11) is 13.4. The largest absolute Gasteiger partial charge is 0.479 e. The molecule has 0 atom stereocenters. The Morgan fingerprint density at radius 3 is 1.19 bits per heavy atom. The number of aryl methyl sites for hydroxylation is 8. The van der Waals surface area contributed by atoms with Crippen molar-refractivity contribution in [1.82, 2.24) is 117 Å². The molecule has 0 N–H and O–H groups in total. The standard InChI is InChI=1S/C13H16N6O3S.C13H14N6O2S.C13H12N6O2S.C12H14N6O2S/c1-4-21-11-9(8-22-12-14-5-6-23-12)10(7-17(11)2)19-13(20)18(3)15-16-19;2*1-4-10-9(8-21-12-14-5-6-22-12)11(7-17(10)2)19-13(20)18(3)15-16-19;1-8-9(7-20-11-13-4-5-21-11)10(6-16(8)2)18-12(19)17(3)14-15-18/h5-7H,4,8H2,1-3H3;4-7H,1,8H2,2-3H3;1,5-7H,8H2,2-3H3;4-6H,7H2,1-3H3/i3*5T;4T. The van der Waals surface area contributed by atoms with Gasteiger partial charge in [0.15, 0.2) is 0 Å². The number of hydrogen-bond acceptors (Lipinski definition) is 25. The minimum absolute atomic E-state index is 0.103. The monoisotopic (exact) mass is 1280 g/mol. The van der Waals surface area contributed by atoms with Crippen molar-refractivity contribution < 1.29 is 29.2 Å². The molecule has 0 aliphatic carbocycles. The quantitative estimate of drug-likeness (QED) is 0.105. The fourth-order valence-electron chi connectivity index (χ4n) is 8.24. The van der Waals surface area contributed by atoms with Crippen molar-refractivity contribution in [2.45, 2.75) is 40.3 Å². The topological polar surface area (TPSA) is 328 Å². The van der Waals surface area contributed by atoms with Crippen LogP contribution in [-0.2, 0) is 82.8 Å². The molecule has 12 heterocycles. The summed E-state index contributed by atoms with van der Waals surface area (Å²) < 4.78 is 74.4. The summed E-state index contributed by atoms with van der Waals surface area (Å²) in [5.74, 6) is 3.16. The fraction of sp³-hybridized carbons (Fsp3) is 0.294. The van der Waals surface area contributed by atoms with E-state index in [0.29, 0.717) is 72.8 Å². The van der Waals surface area contributed by atoms with Crippen molar-refractivity contribution in [3.63, 3.8) is 0 Å². The molecular weight excluding hydrogens is 1220 g/mol. The van der Waals surface area contributed by atoms with Crippen LogP contribution in [-0.4, -0.2) is 124 Å². The van der Waals surface area contributed by atoms with Crippen molar-refractivity contribution >= 4 is 51.4 Å². The predicted molar refractivity (Wildman–Crippen MR) is 322 cm³/mol. The lowest BCUT2D eigenvalue weighted by Crippen LogP contribution is -2.22. The van der Waals surface area contributed by atoms with Crippen molar-refractivity contribution in [2.75, 3.05) is 6.61 Å². The minimum atomic E-state index is -0.386. The second kappa shape index (κ2) is 27.6. The van der Waals surface area contributed by atoms with Crippen LogP contribution >= 0.6 is 45.3 Å². The number of tetrazole rings is 4. The number of nitrogens with zero attached hydrogens (tertiary/aromatic N) is 24. The summed E-state index contributed by atoms with van der Waals surface area (Å²) >= 11 is 4.96. The third-order valence-corrected chi connectivity index (χ3v) is 15.2. The van der Waals surface area contributed by atoms with Crippen molar-refractivity contribution in [1.29, 1.82) is 0 Å². The molecular formula is C51H56N24O9S4. The van der Waals surface area contributed by atoms with Crippen LogP contribution in [0.2, 0.25) is 0 Å². The van der Waals surface area contributed by atoms with Gasteiger partial charge in [0.05, 0.1) is 34.7 Å². The highest BCUT2D eigenvalue weighted by molar-refractivity contribution is 7.12. The van der Waals surface area contributed by atoms with Gasteiger partial charge in [0, 0.05) is 155 Å². The zero-order valence-corrected chi connectivity index (χ0v) is 51.8. The Bertz CT molecular complexity index is 4870. The molecule has 0 radical (unpaired) electrons. The van der Waals surface area contributed by atoms with E-state index >= 15 is 0 Å². The van der Waals surface area contributed by atoms with Crippen LogP contribution < -0.4 is 46.4 Å². The highest BCUT2D eigenvalue weighted by Crippen LogP contribution is 2.30. The van der Waals surface area contributed by atoms with Gasteiger partial charge in [-0.05, 0) is 61.6 Å². The maximum Gasteiger partial charge on any atom is 0.368 e. The van der Waals surface area contributed by atoms with E-state index in [4.69, 9.17) is 35.6 Å². The molecule has 0 aliphatic heterocycles. The van der Waals surface area contributed by atoms with Crippen LogP contribution in [0.5, 0.6) is 26.7 Å². The minimum Gasteiger partial charge on any atom is -0.479 e.